The van der Waals surface area contributed by atoms with Crippen LogP contribution in [0.15, 0.2) is 10.5 Å². The number of hydrogen-bond donors (Lipinski definition) is 1. The van der Waals surface area contributed by atoms with Crippen molar-refractivity contribution in [1.29, 1.82) is 0 Å². The highest BCUT2D eigenvalue weighted by molar-refractivity contribution is 5.25. The van der Waals surface area contributed by atoms with Crippen LogP contribution in [0.3, 0.4) is 0 Å². The Labute approximate surface area is 79.6 Å². The molecule has 13 heavy (non-hydrogen) atoms. The van der Waals surface area contributed by atoms with Crippen molar-refractivity contribution in [3.63, 3.8) is 0 Å². The zero-order chi connectivity index (χ0) is 9.84. The molecule has 0 bridgehead atoms. The lowest BCUT2D eigenvalue weighted by atomic mass is 9.96. The van der Waals surface area contributed by atoms with E-state index < -0.39 is 0 Å². The van der Waals surface area contributed by atoms with E-state index in [1.165, 1.54) is 0 Å². The predicted molar refractivity (Wildman–Crippen MR) is 52.7 cm³/mol. The van der Waals surface area contributed by atoms with Gasteiger partial charge in [0.25, 0.3) is 0 Å². The van der Waals surface area contributed by atoms with Crippen molar-refractivity contribution in [2.24, 2.45) is 0 Å². The molecule has 1 heterocycles. The maximum Gasteiger partial charge on any atom is 0.109 e. The summed E-state index contributed by atoms with van der Waals surface area (Å²) in [6.45, 7) is 5.92. The van der Waals surface area contributed by atoms with E-state index in [0.29, 0.717) is 0 Å². The first-order valence-corrected chi connectivity index (χ1v) is 5.04. The van der Waals surface area contributed by atoms with Crippen LogP contribution in [-0.4, -0.2) is 5.11 Å². The fourth-order valence-electron chi connectivity index (χ4n) is 1.67. The van der Waals surface area contributed by atoms with Crippen LogP contribution in [0.2, 0.25) is 0 Å². The monoisotopic (exact) mass is 182 g/mol. The van der Waals surface area contributed by atoms with Crippen LogP contribution < -0.4 is 0 Å². The molecule has 1 aromatic heterocycles. The van der Waals surface area contributed by atoms with E-state index in [0.717, 1.165) is 36.3 Å². The van der Waals surface area contributed by atoms with Crippen molar-refractivity contribution in [3.8, 4) is 0 Å². The van der Waals surface area contributed by atoms with Gasteiger partial charge in [0.1, 0.15) is 11.5 Å². The summed E-state index contributed by atoms with van der Waals surface area (Å²) in [4.78, 5) is 0. The van der Waals surface area contributed by atoms with Crippen LogP contribution >= 0.6 is 0 Å². The van der Waals surface area contributed by atoms with Gasteiger partial charge in [0, 0.05) is 12.0 Å². The molecule has 0 aliphatic heterocycles. The van der Waals surface area contributed by atoms with Crippen LogP contribution in [0, 0.1) is 6.92 Å². The average molecular weight is 182 g/mol. The highest BCUT2D eigenvalue weighted by atomic mass is 16.3. The number of aliphatic hydroxyl groups is 1. The average Bonchev–Trinajstić information content (AvgIpc) is 2.51. The minimum atomic E-state index is -0.281. The summed E-state index contributed by atoms with van der Waals surface area (Å²) < 4.78 is 5.42. The van der Waals surface area contributed by atoms with E-state index in [1.54, 1.807) is 0 Å². The number of hydrogen-bond acceptors (Lipinski definition) is 2. The molecule has 1 atom stereocenters. The molecule has 2 nitrogen and oxygen atoms in total. The van der Waals surface area contributed by atoms with Crippen LogP contribution in [0.4, 0.5) is 0 Å². The Morgan fingerprint density at radius 2 is 2.15 bits per heavy atom. The van der Waals surface area contributed by atoms with Crippen LogP contribution in [0.1, 0.15) is 49.9 Å². The van der Waals surface area contributed by atoms with Crippen molar-refractivity contribution in [1.82, 2.24) is 0 Å². The second kappa shape index (κ2) is 4.47. The molecule has 1 unspecified atom stereocenters. The Morgan fingerprint density at radius 1 is 1.46 bits per heavy atom. The van der Waals surface area contributed by atoms with Crippen LogP contribution in [-0.2, 0) is 6.42 Å². The molecule has 0 amide bonds. The molecule has 0 saturated heterocycles. The lowest BCUT2D eigenvalue weighted by molar-refractivity contribution is 0.152. The second-order valence-corrected chi connectivity index (χ2v) is 3.14. The van der Waals surface area contributed by atoms with E-state index >= 15 is 0 Å². The molecule has 74 valence electrons. The highest BCUT2D eigenvalue weighted by Gasteiger charge is 2.21. The van der Waals surface area contributed by atoms with E-state index in [-0.39, 0.29) is 6.10 Å². The van der Waals surface area contributed by atoms with Gasteiger partial charge in [-0.25, -0.2) is 0 Å². The predicted octanol–water partition coefficient (Wildman–Crippen LogP) is 2.98. The molecular weight excluding hydrogens is 164 g/mol. The van der Waals surface area contributed by atoms with E-state index in [2.05, 4.69) is 0 Å². The van der Waals surface area contributed by atoms with Crippen molar-refractivity contribution in [3.05, 3.63) is 23.2 Å². The van der Waals surface area contributed by atoms with Gasteiger partial charge >= 0.3 is 0 Å². The van der Waals surface area contributed by atoms with Crippen molar-refractivity contribution in [2.75, 3.05) is 0 Å². The van der Waals surface area contributed by atoms with E-state index in [4.69, 9.17) is 4.42 Å². The summed E-state index contributed by atoms with van der Waals surface area (Å²) >= 11 is 0. The maximum absolute atomic E-state index is 9.51. The van der Waals surface area contributed by atoms with Gasteiger partial charge in [0.2, 0.25) is 0 Å². The molecule has 0 spiro atoms. The van der Waals surface area contributed by atoms with Gasteiger partial charge in [0.15, 0.2) is 0 Å². The minimum Gasteiger partial charge on any atom is -0.466 e. The van der Waals surface area contributed by atoms with Gasteiger partial charge in [0.05, 0.1) is 6.10 Å². The van der Waals surface area contributed by atoms with Crippen LogP contribution in [0.25, 0.3) is 0 Å². The normalized spacial score (nSPS) is 20.2. The maximum atomic E-state index is 9.51. The van der Waals surface area contributed by atoms with Gasteiger partial charge < -0.3 is 9.52 Å². The SMILES string of the molecule is CC.Cc1cc2c(o1)CCCC2O. The Morgan fingerprint density at radius 3 is 2.77 bits per heavy atom. The molecule has 1 aliphatic rings. The summed E-state index contributed by atoms with van der Waals surface area (Å²) in [7, 11) is 0. The molecule has 1 aromatic rings. The standard InChI is InChI=1S/C9H12O2.C2H6/c1-6-5-7-8(10)3-2-4-9(7)11-6;1-2/h5,8,10H,2-4H2,1H3;1-2H3. The second-order valence-electron chi connectivity index (χ2n) is 3.14. The molecule has 1 aliphatic carbocycles. The first kappa shape index (κ1) is 10.3. The quantitative estimate of drug-likeness (QED) is 0.669. The van der Waals surface area contributed by atoms with E-state index in [1.807, 2.05) is 26.8 Å². The molecule has 0 fully saturated rings. The first-order chi connectivity index (χ1) is 6.27. The third kappa shape index (κ3) is 2.13. The Kier molecular flexibility index (Phi) is 3.55. The Hall–Kier alpha value is -0.760. The summed E-state index contributed by atoms with van der Waals surface area (Å²) in [6.07, 6.45) is 2.63. The summed E-state index contributed by atoms with van der Waals surface area (Å²) in [5.41, 5.74) is 1.01. The lowest BCUT2D eigenvalue weighted by Gasteiger charge is -2.15. The van der Waals surface area contributed by atoms with Gasteiger partial charge in [-0.15, -0.1) is 0 Å². The minimum absolute atomic E-state index is 0.281. The van der Waals surface area contributed by atoms with Crippen LogP contribution in [0.5, 0.6) is 0 Å². The smallest absolute Gasteiger partial charge is 0.109 e. The molecule has 0 aromatic carbocycles. The van der Waals surface area contributed by atoms with Gasteiger partial charge in [-0.2, -0.15) is 0 Å². The third-order valence-corrected chi connectivity index (χ3v) is 2.21. The Bertz CT molecular complexity index is 263. The first-order valence-electron chi connectivity index (χ1n) is 5.04. The fraction of sp³-hybridized carbons (Fsp3) is 0.636. The zero-order valence-corrected chi connectivity index (χ0v) is 8.63. The molecular formula is C11H18O2. The van der Waals surface area contributed by atoms with Crippen molar-refractivity contribution >= 4 is 0 Å². The number of aryl methyl sites for hydroxylation is 2. The lowest BCUT2D eigenvalue weighted by Crippen LogP contribution is -2.05. The summed E-state index contributed by atoms with van der Waals surface area (Å²) in [5, 5.41) is 9.51. The largest absolute Gasteiger partial charge is 0.466 e. The van der Waals surface area contributed by atoms with Gasteiger partial charge in [-0.05, 0) is 25.8 Å². The zero-order valence-electron chi connectivity index (χ0n) is 8.63. The number of aliphatic hydroxyl groups excluding tert-OH is 1. The highest BCUT2D eigenvalue weighted by Crippen LogP contribution is 2.31. The van der Waals surface area contributed by atoms with Crippen molar-refractivity contribution in [2.45, 2.75) is 46.1 Å². The number of furan rings is 1. The van der Waals surface area contributed by atoms with Gasteiger partial charge in [-0.3, -0.25) is 0 Å². The molecule has 2 heteroatoms. The number of rotatable bonds is 0. The Balaban J connectivity index is 0.000000396. The fourth-order valence-corrected chi connectivity index (χ4v) is 1.67. The third-order valence-electron chi connectivity index (χ3n) is 2.21. The molecule has 2 rings (SSSR count). The topological polar surface area (TPSA) is 33.4 Å². The summed E-state index contributed by atoms with van der Waals surface area (Å²) in [6, 6.07) is 1.94. The number of fused-ring (bicyclic) bond motifs is 1. The van der Waals surface area contributed by atoms with Crippen molar-refractivity contribution < 1.29 is 9.52 Å². The van der Waals surface area contributed by atoms with E-state index in [9.17, 15) is 5.11 Å². The van der Waals surface area contributed by atoms with Gasteiger partial charge in [-0.1, -0.05) is 13.8 Å². The molecule has 0 saturated carbocycles. The summed E-state index contributed by atoms with van der Waals surface area (Å²) in [5.74, 6) is 1.90. The molecule has 1 N–H and O–H groups in total. The molecule has 0 radical (unpaired) electrons.